The van der Waals surface area contributed by atoms with Crippen LogP contribution in [0.1, 0.15) is 70.4 Å². The lowest BCUT2D eigenvalue weighted by molar-refractivity contribution is 0.0692. The molecule has 5 heteroatoms. The van der Waals surface area contributed by atoms with Crippen molar-refractivity contribution in [2.75, 3.05) is 0 Å². The minimum Gasteiger partial charge on any atom is -0.477 e. The third-order valence-electron chi connectivity index (χ3n) is 3.01. The van der Waals surface area contributed by atoms with Gasteiger partial charge in [-0.25, -0.2) is 9.59 Å². The van der Waals surface area contributed by atoms with Crippen molar-refractivity contribution in [3.05, 3.63) is 21.4 Å². The summed E-state index contributed by atoms with van der Waals surface area (Å²) in [5, 5.41) is 17.9. The number of hydrogen-bond acceptors (Lipinski definition) is 3. The Hall–Kier alpha value is -1.36. The van der Waals surface area contributed by atoms with Crippen LogP contribution in [0.15, 0.2) is 6.07 Å². The molecule has 0 atom stereocenters. The highest BCUT2D eigenvalue weighted by atomic mass is 32.1. The van der Waals surface area contributed by atoms with Crippen LogP contribution in [0, 0.1) is 0 Å². The molecule has 0 unspecified atom stereocenters. The van der Waals surface area contributed by atoms with Gasteiger partial charge in [-0.3, -0.25) is 0 Å². The minimum atomic E-state index is -1.05. The maximum absolute atomic E-state index is 11.0. The first-order chi connectivity index (χ1) is 9.06. The number of rotatable bonds is 9. The fourth-order valence-electron chi connectivity index (χ4n) is 2.00. The van der Waals surface area contributed by atoms with Crippen molar-refractivity contribution in [1.82, 2.24) is 0 Å². The maximum Gasteiger partial charge on any atom is 0.346 e. The number of aryl methyl sites for hydroxylation is 1. The van der Waals surface area contributed by atoms with Crippen molar-refractivity contribution in [2.24, 2.45) is 0 Å². The van der Waals surface area contributed by atoms with Crippen LogP contribution in [0.2, 0.25) is 0 Å². The normalized spacial score (nSPS) is 10.6. The van der Waals surface area contributed by atoms with Crippen LogP contribution in [-0.2, 0) is 6.42 Å². The lowest BCUT2D eigenvalue weighted by atomic mass is 10.1. The average molecular weight is 284 g/mol. The zero-order valence-electron chi connectivity index (χ0n) is 11.1. The standard InChI is InChI=1S/C14H20O4S/c1-2-3-4-5-6-7-8-10-9-11(13(15)16)19-12(10)14(17)18/h9H,2-8H2,1H3,(H,15,16)(H,17,18). The molecule has 2 N–H and O–H groups in total. The van der Waals surface area contributed by atoms with E-state index in [1.54, 1.807) is 0 Å². The van der Waals surface area contributed by atoms with E-state index in [0.717, 1.165) is 30.6 Å². The number of thiophene rings is 1. The van der Waals surface area contributed by atoms with E-state index in [1.807, 2.05) is 0 Å². The Balaban J connectivity index is 2.52. The van der Waals surface area contributed by atoms with E-state index in [1.165, 1.54) is 25.3 Å². The summed E-state index contributed by atoms with van der Waals surface area (Å²) in [6.45, 7) is 2.16. The van der Waals surface area contributed by atoms with Crippen LogP contribution in [0.3, 0.4) is 0 Å². The first-order valence-electron chi connectivity index (χ1n) is 6.65. The van der Waals surface area contributed by atoms with E-state index >= 15 is 0 Å². The molecule has 0 bridgehead atoms. The minimum absolute atomic E-state index is 0.110. The molecule has 1 rings (SSSR count). The SMILES string of the molecule is CCCCCCCCc1cc(C(=O)O)sc1C(=O)O. The van der Waals surface area contributed by atoms with Gasteiger partial charge >= 0.3 is 11.9 Å². The number of carboxylic acid groups (broad SMARTS) is 2. The first kappa shape index (κ1) is 15.7. The fourth-order valence-corrected chi connectivity index (χ4v) is 2.88. The Morgan fingerprint density at radius 1 is 1.05 bits per heavy atom. The molecule has 0 fully saturated rings. The highest BCUT2D eigenvalue weighted by molar-refractivity contribution is 7.15. The van der Waals surface area contributed by atoms with Gasteiger partial charge < -0.3 is 10.2 Å². The molecule has 106 valence electrons. The molecule has 0 saturated carbocycles. The van der Waals surface area contributed by atoms with Gasteiger partial charge in [0.25, 0.3) is 0 Å². The summed E-state index contributed by atoms with van der Waals surface area (Å²) in [5.41, 5.74) is 0.658. The fraction of sp³-hybridized carbons (Fsp3) is 0.571. The van der Waals surface area contributed by atoms with Gasteiger partial charge in [-0.2, -0.15) is 0 Å². The third-order valence-corrected chi connectivity index (χ3v) is 4.17. The van der Waals surface area contributed by atoms with E-state index in [-0.39, 0.29) is 9.75 Å². The summed E-state index contributed by atoms with van der Waals surface area (Å²) >= 11 is 0.849. The van der Waals surface area contributed by atoms with E-state index in [9.17, 15) is 9.59 Å². The second kappa shape index (κ2) is 7.94. The van der Waals surface area contributed by atoms with Crippen molar-refractivity contribution in [3.63, 3.8) is 0 Å². The highest BCUT2D eigenvalue weighted by Crippen LogP contribution is 2.24. The quantitative estimate of drug-likeness (QED) is 0.671. The van der Waals surface area contributed by atoms with Gasteiger partial charge in [0, 0.05) is 0 Å². The molecule has 0 saturated heterocycles. The zero-order valence-corrected chi connectivity index (χ0v) is 12.0. The van der Waals surface area contributed by atoms with Crippen LogP contribution in [-0.4, -0.2) is 22.2 Å². The van der Waals surface area contributed by atoms with Crippen molar-refractivity contribution in [3.8, 4) is 0 Å². The molecule has 0 aliphatic carbocycles. The first-order valence-corrected chi connectivity index (χ1v) is 7.47. The summed E-state index contributed by atoms with van der Waals surface area (Å²) in [5.74, 6) is -2.08. The molecule has 0 aromatic carbocycles. The molecule has 1 heterocycles. The molecule has 4 nitrogen and oxygen atoms in total. The molecule has 1 aromatic heterocycles. The van der Waals surface area contributed by atoms with Gasteiger partial charge in [0.1, 0.15) is 9.75 Å². The van der Waals surface area contributed by atoms with Gasteiger partial charge in [0.15, 0.2) is 0 Å². The molecule has 1 aromatic rings. The topological polar surface area (TPSA) is 74.6 Å². The summed E-state index contributed by atoms with van der Waals surface area (Å²) in [7, 11) is 0. The van der Waals surface area contributed by atoms with Crippen molar-refractivity contribution >= 4 is 23.3 Å². The van der Waals surface area contributed by atoms with Crippen LogP contribution < -0.4 is 0 Å². The van der Waals surface area contributed by atoms with Crippen molar-refractivity contribution in [2.45, 2.75) is 51.9 Å². The van der Waals surface area contributed by atoms with Gasteiger partial charge in [0.05, 0.1) is 0 Å². The van der Waals surface area contributed by atoms with E-state index < -0.39 is 11.9 Å². The molecule has 19 heavy (non-hydrogen) atoms. The molecule has 0 aliphatic heterocycles. The van der Waals surface area contributed by atoms with Gasteiger partial charge in [-0.15, -0.1) is 11.3 Å². The van der Waals surface area contributed by atoms with E-state index in [4.69, 9.17) is 10.2 Å². The van der Waals surface area contributed by atoms with Crippen LogP contribution in [0.25, 0.3) is 0 Å². The molecule has 0 spiro atoms. The van der Waals surface area contributed by atoms with E-state index in [0.29, 0.717) is 12.0 Å². The Kier molecular flexibility index (Phi) is 6.56. The van der Waals surface area contributed by atoms with Crippen LogP contribution in [0.4, 0.5) is 0 Å². The predicted molar refractivity (Wildman–Crippen MR) is 75.3 cm³/mol. The third kappa shape index (κ3) is 5.03. The summed E-state index contributed by atoms with van der Waals surface area (Å²) in [6.07, 6.45) is 7.45. The van der Waals surface area contributed by atoms with Crippen molar-refractivity contribution < 1.29 is 19.8 Å². The Morgan fingerprint density at radius 2 is 1.68 bits per heavy atom. The van der Waals surface area contributed by atoms with E-state index in [2.05, 4.69) is 6.92 Å². The predicted octanol–water partition coefficient (Wildman–Crippen LogP) is 4.05. The lowest BCUT2D eigenvalue weighted by Gasteiger charge is -2.01. The maximum atomic E-state index is 11.0. The molecular weight excluding hydrogens is 264 g/mol. The molecule has 0 aliphatic rings. The number of carboxylic acids is 2. The Labute approximate surface area is 117 Å². The van der Waals surface area contributed by atoms with Gasteiger partial charge in [0.2, 0.25) is 0 Å². The number of carbonyl (C=O) groups is 2. The van der Waals surface area contributed by atoms with Crippen molar-refractivity contribution in [1.29, 1.82) is 0 Å². The van der Waals surface area contributed by atoms with Gasteiger partial charge in [-0.1, -0.05) is 39.0 Å². The zero-order chi connectivity index (χ0) is 14.3. The number of aromatic carboxylic acids is 2. The lowest BCUT2D eigenvalue weighted by Crippen LogP contribution is -1.97. The van der Waals surface area contributed by atoms with Crippen LogP contribution in [0.5, 0.6) is 0 Å². The Morgan fingerprint density at radius 3 is 2.26 bits per heavy atom. The summed E-state index contributed by atoms with van der Waals surface area (Å²) in [4.78, 5) is 22.2. The smallest absolute Gasteiger partial charge is 0.346 e. The second-order valence-electron chi connectivity index (χ2n) is 4.59. The molecular formula is C14H20O4S. The number of unbranched alkanes of at least 4 members (excludes halogenated alkanes) is 5. The molecule has 0 amide bonds. The highest BCUT2D eigenvalue weighted by Gasteiger charge is 2.18. The van der Waals surface area contributed by atoms with Gasteiger partial charge in [-0.05, 0) is 24.5 Å². The Bertz CT molecular complexity index is 437. The average Bonchev–Trinajstić information content (AvgIpc) is 2.78. The summed E-state index contributed by atoms with van der Waals surface area (Å²) in [6, 6.07) is 1.50. The second-order valence-corrected chi connectivity index (χ2v) is 5.65. The largest absolute Gasteiger partial charge is 0.477 e. The van der Waals surface area contributed by atoms with Crippen LogP contribution >= 0.6 is 11.3 Å². The number of hydrogen-bond donors (Lipinski definition) is 2. The summed E-state index contributed by atoms with van der Waals surface area (Å²) < 4.78 is 0. The monoisotopic (exact) mass is 284 g/mol. The molecule has 0 radical (unpaired) electrons.